The van der Waals surface area contributed by atoms with Crippen LogP contribution in [0.5, 0.6) is 5.75 Å². The molecule has 3 nitrogen and oxygen atoms in total. The van der Waals surface area contributed by atoms with E-state index in [1.54, 1.807) is 11.3 Å². The molecule has 6 heteroatoms. The quantitative estimate of drug-likeness (QED) is 0.639. The van der Waals surface area contributed by atoms with E-state index < -0.39 is 0 Å². The molecule has 0 radical (unpaired) electrons. The molecule has 3 rings (SSSR count). The summed E-state index contributed by atoms with van der Waals surface area (Å²) in [5.41, 5.74) is 2.91. The van der Waals surface area contributed by atoms with Crippen molar-refractivity contribution >= 4 is 39.0 Å². The van der Waals surface area contributed by atoms with Gasteiger partial charge in [-0.1, -0.05) is 12.1 Å². The Morgan fingerprint density at radius 3 is 3.05 bits per heavy atom. The maximum atomic E-state index is 6.09. The van der Waals surface area contributed by atoms with Crippen LogP contribution in [0.3, 0.4) is 0 Å². The third kappa shape index (κ3) is 3.20. The Labute approximate surface area is 135 Å². The lowest BCUT2D eigenvalue weighted by molar-refractivity contribution is 0.166. The number of benzene rings is 1. The van der Waals surface area contributed by atoms with Crippen molar-refractivity contribution in [3.8, 4) is 5.75 Å². The van der Waals surface area contributed by atoms with Gasteiger partial charge in [0.1, 0.15) is 11.9 Å². The maximum absolute atomic E-state index is 6.09. The van der Waals surface area contributed by atoms with E-state index in [0.717, 1.165) is 22.4 Å². The zero-order chi connectivity index (χ0) is 13.9. The highest BCUT2D eigenvalue weighted by atomic mass is 79.9. The van der Waals surface area contributed by atoms with Gasteiger partial charge in [-0.05, 0) is 34.1 Å². The summed E-state index contributed by atoms with van der Waals surface area (Å²) in [5.74, 6) is 7.61. The summed E-state index contributed by atoms with van der Waals surface area (Å²) in [4.78, 5) is 2.51. The lowest BCUT2D eigenvalue weighted by atomic mass is 10.1. The first-order chi connectivity index (χ1) is 9.76. The maximum Gasteiger partial charge on any atom is 0.133 e. The van der Waals surface area contributed by atoms with Crippen molar-refractivity contribution < 1.29 is 4.74 Å². The molecule has 0 aliphatic carbocycles. The number of thioether (sulfide) groups is 1. The Morgan fingerprint density at radius 2 is 2.30 bits per heavy atom. The van der Waals surface area contributed by atoms with Crippen LogP contribution in [0.2, 0.25) is 0 Å². The van der Waals surface area contributed by atoms with E-state index in [2.05, 4.69) is 38.9 Å². The van der Waals surface area contributed by atoms with Gasteiger partial charge in [0.05, 0.1) is 6.04 Å². The lowest BCUT2D eigenvalue weighted by Gasteiger charge is -2.31. The summed E-state index contributed by atoms with van der Waals surface area (Å²) in [6.07, 6.45) is 0.959. The van der Waals surface area contributed by atoms with E-state index >= 15 is 0 Å². The molecule has 0 spiro atoms. The molecular weight excluding hydrogens is 356 g/mol. The highest BCUT2D eigenvalue weighted by molar-refractivity contribution is 9.10. The molecular formula is C14H15BrN2OS2. The van der Waals surface area contributed by atoms with Gasteiger partial charge in [0.25, 0.3) is 0 Å². The van der Waals surface area contributed by atoms with Gasteiger partial charge < -0.3 is 4.74 Å². The normalized spacial score (nSPS) is 19.2. The lowest BCUT2D eigenvalue weighted by Crippen LogP contribution is -2.49. The van der Waals surface area contributed by atoms with Gasteiger partial charge in [-0.25, -0.2) is 0 Å². The van der Waals surface area contributed by atoms with E-state index in [1.807, 2.05) is 30.0 Å². The average molecular weight is 371 g/mol. The van der Waals surface area contributed by atoms with Crippen molar-refractivity contribution in [3.05, 3.63) is 45.1 Å². The van der Waals surface area contributed by atoms with E-state index in [1.165, 1.54) is 9.77 Å². The predicted molar refractivity (Wildman–Crippen MR) is 88.4 cm³/mol. The number of fused-ring (bicyclic) bond motifs is 1. The molecule has 3 N–H and O–H groups in total. The number of hydrogen-bond donors (Lipinski definition) is 2. The van der Waals surface area contributed by atoms with Crippen molar-refractivity contribution in [1.82, 2.24) is 5.43 Å². The van der Waals surface area contributed by atoms with Crippen LogP contribution in [0.25, 0.3) is 0 Å². The smallest absolute Gasteiger partial charge is 0.133 e. The van der Waals surface area contributed by atoms with E-state index in [4.69, 9.17) is 10.6 Å². The van der Waals surface area contributed by atoms with Crippen LogP contribution in [-0.4, -0.2) is 17.9 Å². The summed E-state index contributed by atoms with van der Waals surface area (Å²) >= 11 is 7.05. The topological polar surface area (TPSA) is 47.3 Å². The fourth-order valence-electron chi connectivity index (χ4n) is 2.21. The molecule has 1 aliphatic rings. The van der Waals surface area contributed by atoms with Crippen molar-refractivity contribution in [2.45, 2.75) is 23.5 Å². The number of rotatable bonds is 4. The Hall–Kier alpha value is -0.530. The summed E-state index contributed by atoms with van der Waals surface area (Å²) < 4.78 is 7.22. The minimum absolute atomic E-state index is 0.0841. The predicted octanol–water partition coefficient (Wildman–Crippen LogP) is 3.44. The minimum Gasteiger partial charge on any atom is -0.487 e. The number of nitrogens with one attached hydrogen (secondary N) is 1. The Balaban J connectivity index is 1.71. The second kappa shape index (κ2) is 6.49. The van der Waals surface area contributed by atoms with Gasteiger partial charge in [-0.3, -0.25) is 11.3 Å². The molecule has 2 aromatic rings. The van der Waals surface area contributed by atoms with Crippen molar-refractivity contribution in [1.29, 1.82) is 0 Å². The van der Waals surface area contributed by atoms with Crippen LogP contribution in [0.15, 0.2) is 45.1 Å². The third-order valence-electron chi connectivity index (χ3n) is 3.24. The van der Waals surface area contributed by atoms with Crippen LogP contribution in [0.4, 0.5) is 0 Å². The molecule has 1 aromatic heterocycles. The second-order valence-corrected chi connectivity index (χ2v) is 7.60. The fourth-order valence-corrected chi connectivity index (χ4v) is 4.80. The van der Waals surface area contributed by atoms with E-state index in [0.29, 0.717) is 0 Å². The van der Waals surface area contributed by atoms with Crippen molar-refractivity contribution in [2.75, 3.05) is 5.75 Å². The van der Waals surface area contributed by atoms with Gasteiger partial charge in [0, 0.05) is 31.8 Å². The second-order valence-electron chi connectivity index (χ2n) is 4.62. The summed E-state index contributed by atoms with van der Waals surface area (Å²) in [5, 5.41) is 2.09. The monoisotopic (exact) mass is 370 g/mol. The number of hydrogen-bond acceptors (Lipinski definition) is 5. The molecule has 2 atom stereocenters. The Bertz CT molecular complexity index is 590. The molecule has 20 heavy (non-hydrogen) atoms. The van der Waals surface area contributed by atoms with Crippen molar-refractivity contribution in [3.63, 3.8) is 0 Å². The first-order valence-electron chi connectivity index (χ1n) is 6.34. The number of thiophene rings is 1. The molecule has 0 saturated carbocycles. The number of ether oxygens (including phenoxy) is 1. The standard InChI is InChI=1S/C14H15BrN2OS2/c15-9-5-10(19-7-9)6-11(17-16)13-8-20-14-4-2-1-3-12(14)18-13/h1-5,7,11,13,17H,6,8,16H2. The van der Waals surface area contributed by atoms with Crippen LogP contribution in [0.1, 0.15) is 4.88 Å². The summed E-state index contributed by atoms with van der Waals surface area (Å²) in [6.45, 7) is 0. The molecule has 1 aromatic carbocycles. The Morgan fingerprint density at radius 1 is 1.45 bits per heavy atom. The highest BCUT2D eigenvalue weighted by Crippen LogP contribution is 2.36. The molecule has 0 saturated heterocycles. The van der Waals surface area contributed by atoms with E-state index in [-0.39, 0.29) is 12.1 Å². The van der Waals surface area contributed by atoms with Crippen molar-refractivity contribution in [2.24, 2.45) is 5.84 Å². The van der Waals surface area contributed by atoms with E-state index in [9.17, 15) is 0 Å². The summed E-state index contributed by atoms with van der Waals surface area (Å²) in [7, 11) is 0. The van der Waals surface area contributed by atoms with Crippen LogP contribution >= 0.6 is 39.0 Å². The summed E-state index contributed by atoms with van der Waals surface area (Å²) in [6, 6.07) is 10.4. The van der Waals surface area contributed by atoms with Gasteiger partial charge in [-0.15, -0.1) is 23.1 Å². The van der Waals surface area contributed by atoms with Gasteiger partial charge in [0.2, 0.25) is 0 Å². The molecule has 0 fully saturated rings. The first-order valence-corrected chi connectivity index (χ1v) is 8.99. The number of nitrogens with two attached hydrogens (primary N) is 1. The van der Waals surface area contributed by atoms with Gasteiger partial charge in [0.15, 0.2) is 0 Å². The third-order valence-corrected chi connectivity index (χ3v) is 6.10. The zero-order valence-electron chi connectivity index (χ0n) is 10.7. The molecule has 2 heterocycles. The zero-order valence-corrected chi connectivity index (χ0v) is 13.9. The molecule has 1 aliphatic heterocycles. The number of halogens is 1. The number of hydrazine groups is 1. The van der Waals surface area contributed by atoms with Crippen LogP contribution in [-0.2, 0) is 6.42 Å². The average Bonchev–Trinajstić information content (AvgIpc) is 2.89. The fraction of sp³-hybridized carbons (Fsp3) is 0.286. The molecule has 0 amide bonds. The molecule has 2 unspecified atom stereocenters. The molecule has 0 bridgehead atoms. The SMILES string of the molecule is NNC(Cc1cc(Br)cs1)C1CSc2ccccc2O1. The minimum atomic E-state index is 0.0841. The largest absolute Gasteiger partial charge is 0.487 e. The van der Waals surface area contributed by atoms with Crippen LogP contribution < -0.4 is 16.0 Å². The van der Waals surface area contributed by atoms with Gasteiger partial charge >= 0.3 is 0 Å². The van der Waals surface area contributed by atoms with Crippen LogP contribution in [0, 0.1) is 0 Å². The molecule has 106 valence electrons. The first kappa shape index (κ1) is 14.4. The van der Waals surface area contributed by atoms with Gasteiger partial charge in [-0.2, -0.15) is 0 Å². The highest BCUT2D eigenvalue weighted by Gasteiger charge is 2.28. The number of para-hydroxylation sites is 1. The Kier molecular flexibility index (Phi) is 4.68.